The monoisotopic (exact) mass is 251 g/mol. The van der Waals surface area contributed by atoms with Gasteiger partial charge in [-0.1, -0.05) is 29.8 Å². The third-order valence-electron chi connectivity index (χ3n) is 2.53. The standard InChI is InChI=1S/C13H11ClFNO/c14-11-4-2-1-3-9(11)7-13(17)10-5-6-16-8-12(10)15/h1-6,8,13,17H,7H2. The number of rotatable bonds is 3. The zero-order valence-electron chi connectivity index (χ0n) is 8.98. The van der Waals surface area contributed by atoms with Crippen LogP contribution in [0.4, 0.5) is 4.39 Å². The molecular weight excluding hydrogens is 241 g/mol. The van der Waals surface area contributed by atoms with Crippen molar-refractivity contribution in [2.75, 3.05) is 0 Å². The van der Waals surface area contributed by atoms with E-state index in [0.29, 0.717) is 5.02 Å². The highest BCUT2D eigenvalue weighted by Crippen LogP contribution is 2.24. The summed E-state index contributed by atoms with van der Waals surface area (Å²) < 4.78 is 13.4. The van der Waals surface area contributed by atoms with Gasteiger partial charge >= 0.3 is 0 Å². The molecule has 1 atom stereocenters. The van der Waals surface area contributed by atoms with Crippen LogP contribution in [0.25, 0.3) is 0 Å². The molecule has 17 heavy (non-hydrogen) atoms. The zero-order chi connectivity index (χ0) is 12.3. The summed E-state index contributed by atoms with van der Waals surface area (Å²) in [5, 5.41) is 10.5. The number of hydrogen-bond acceptors (Lipinski definition) is 2. The Hall–Kier alpha value is -1.45. The van der Waals surface area contributed by atoms with Gasteiger partial charge in [-0.25, -0.2) is 4.39 Å². The molecule has 0 saturated heterocycles. The van der Waals surface area contributed by atoms with Gasteiger partial charge in [-0.3, -0.25) is 4.98 Å². The van der Waals surface area contributed by atoms with E-state index < -0.39 is 11.9 Å². The molecule has 0 radical (unpaired) electrons. The van der Waals surface area contributed by atoms with Gasteiger partial charge in [0, 0.05) is 23.2 Å². The average Bonchev–Trinajstić information content (AvgIpc) is 2.32. The van der Waals surface area contributed by atoms with Crippen molar-refractivity contribution in [1.82, 2.24) is 4.98 Å². The van der Waals surface area contributed by atoms with Gasteiger partial charge < -0.3 is 5.11 Å². The minimum Gasteiger partial charge on any atom is -0.388 e. The van der Waals surface area contributed by atoms with Gasteiger partial charge in [0.1, 0.15) is 5.82 Å². The van der Waals surface area contributed by atoms with E-state index in [2.05, 4.69) is 4.98 Å². The van der Waals surface area contributed by atoms with Gasteiger partial charge in [0.2, 0.25) is 0 Å². The summed E-state index contributed by atoms with van der Waals surface area (Å²) in [6.07, 6.45) is 1.90. The largest absolute Gasteiger partial charge is 0.388 e. The van der Waals surface area contributed by atoms with E-state index in [1.54, 1.807) is 6.07 Å². The van der Waals surface area contributed by atoms with E-state index in [1.165, 1.54) is 12.3 Å². The summed E-state index contributed by atoms with van der Waals surface area (Å²) in [6, 6.07) is 8.66. The second kappa shape index (κ2) is 5.25. The van der Waals surface area contributed by atoms with Gasteiger partial charge in [0.25, 0.3) is 0 Å². The van der Waals surface area contributed by atoms with Crippen LogP contribution in [-0.4, -0.2) is 10.1 Å². The zero-order valence-corrected chi connectivity index (χ0v) is 9.73. The Kier molecular flexibility index (Phi) is 3.71. The summed E-state index contributed by atoms with van der Waals surface area (Å²) in [5.41, 5.74) is 1.03. The normalized spacial score (nSPS) is 12.4. The van der Waals surface area contributed by atoms with Crippen molar-refractivity contribution in [1.29, 1.82) is 0 Å². The molecule has 0 amide bonds. The van der Waals surface area contributed by atoms with Crippen LogP contribution in [0, 0.1) is 5.82 Å². The highest BCUT2D eigenvalue weighted by molar-refractivity contribution is 6.31. The maximum absolute atomic E-state index is 13.4. The fraction of sp³-hybridized carbons (Fsp3) is 0.154. The maximum Gasteiger partial charge on any atom is 0.147 e. The van der Waals surface area contributed by atoms with Crippen LogP contribution < -0.4 is 0 Å². The third kappa shape index (κ3) is 2.81. The fourth-order valence-corrected chi connectivity index (χ4v) is 1.85. The van der Waals surface area contributed by atoms with Crippen molar-refractivity contribution >= 4 is 11.6 Å². The molecule has 0 aliphatic heterocycles. The van der Waals surface area contributed by atoms with Crippen LogP contribution in [0.1, 0.15) is 17.2 Å². The van der Waals surface area contributed by atoms with Crippen molar-refractivity contribution in [2.45, 2.75) is 12.5 Å². The molecule has 88 valence electrons. The number of aromatic nitrogens is 1. The predicted octanol–water partition coefficient (Wildman–Crippen LogP) is 3.15. The van der Waals surface area contributed by atoms with Crippen LogP contribution >= 0.6 is 11.6 Å². The topological polar surface area (TPSA) is 33.1 Å². The van der Waals surface area contributed by atoms with Gasteiger partial charge in [-0.2, -0.15) is 0 Å². The van der Waals surface area contributed by atoms with E-state index in [9.17, 15) is 9.50 Å². The number of nitrogens with zero attached hydrogens (tertiary/aromatic N) is 1. The quantitative estimate of drug-likeness (QED) is 0.909. The molecule has 1 N–H and O–H groups in total. The first kappa shape index (κ1) is 12.0. The number of aliphatic hydroxyl groups is 1. The van der Waals surface area contributed by atoms with Crippen molar-refractivity contribution in [3.63, 3.8) is 0 Å². The maximum atomic E-state index is 13.4. The molecule has 1 aromatic carbocycles. The molecule has 2 rings (SSSR count). The Balaban J connectivity index is 2.20. The van der Waals surface area contributed by atoms with Gasteiger partial charge in [0.15, 0.2) is 0 Å². The molecular formula is C13H11ClFNO. The highest BCUT2D eigenvalue weighted by atomic mass is 35.5. The van der Waals surface area contributed by atoms with Crippen LogP contribution in [0.15, 0.2) is 42.7 Å². The minimum absolute atomic E-state index is 0.236. The Morgan fingerprint density at radius 1 is 1.29 bits per heavy atom. The van der Waals surface area contributed by atoms with E-state index in [1.807, 2.05) is 18.2 Å². The Bertz CT molecular complexity index is 518. The smallest absolute Gasteiger partial charge is 0.147 e. The highest BCUT2D eigenvalue weighted by Gasteiger charge is 2.14. The Morgan fingerprint density at radius 3 is 2.76 bits per heavy atom. The summed E-state index contributed by atoms with van der Waals surface area (Å²) in [7, 11) is 0. The van der Waals surface area contributed by atoms with E-state index in [0.717, 1.165) is 11.8 Å². The number of benzene rings is 1. The molecule has 4 heteroatoms. The molecule has 0 aliphatic rings. The fourth-order valence-electron chi connectivity index (χ4n) is 1.64. The van der Waals surface area contributed by atoms with Gasteiger partial charge in [-0.05, 0) is 17.7 Å². The first-order valence-electron chi connectivity index (χ1n) is 5.19. The first-order chi connectivity index (χ1) is 8.18. The number of pyridine rings is 1. The van der Waals surface area contributed by atoms with Crippen LogP contribution in [0.3, 0.4) is 0 Å². The second-order valence-electron chi connectivity index (χ2n) is 3.71. The first-order valence-corrected chi connectivity index (χ1v) is 5.57. The minimum atomic E-state index is -0.919. The van der Waals surface area contributed by atoms with Crippen LogP contribution in [0.5, 0.6) is 0 Å². The van der Waals surface area contributed by atoms with Crippen molar-refractivity contribution in [3.05, 3.63) is 64.7 Å². The second-order valence-corrected chi connectivity index (χ2v) is 4.12. The number of aliphatic hydroxyl groups excluding tert-OH is 1. The lowest BCUT2D eigenvalue weighted by Crippen LogP contribution is -2.05. The summed E-state index contributed by atoms with van der Waals surface area (Å²) in [4.78, 5) is 3.64. The van der Waals surface area contributed by atoms with Crippen molar-refractivity contribution in [2.24, 2.45) is 0 Å². The van der Waals surface area contributed by atoms with E-state index >= 15 is 0 Å². The Morgan fingerprint density at radius 2 is 2.06 bits per heavy atom. The third-order valence-corrected chi connectivity index (χ3v) is 2.90. The predicted molar refractivity (Wildman–Crippen MR) is 64.3 cm³/mol. The molecule has 0 saturated carbocycles. The lowest BCUT2D eigenvalue weighted by Gasteiger charge is -2.12. The van der Waals surface area contributed by atoms with Crippen molar-refractivity contribution in [3.8, 4) is 0 Å². The molecule has 0 aliphatic carbocycles. The molecule has 1 unspecified atom stereocenters. The molecule has 2 aromatic rings. The Labute approximate surface area is 104 Å². The SMILES string of the molecule is OC(Cc1ccccc1Cl)c1ccncc1F. The summed E-state index contributed by atoms with van der Waals surface area (Å²) in [6.45, 7) is 0. The van der Waals surface area contributed by atoms with Gasteiger partial charge in [0.05, 0.1) is 12.3 Å². The van der Waals surface area contributed by atoms with Crippen molar-refractivity contribution < 1.29 is 9.50 Å². The van der Waals surface area contributed by atoms with Crippen LogP contribution in [0.2, 0.25) is 5.02 Å². The summed E-state index contributed by atoms with van der Waals surface area (Å²) in [5.74, 6) is -0.507. The molecule has 0 bridgehead atoms. The number of hydrogen-bond donors (Lipinski definition) is 1. The van der Waals surface area contributed by atoms with E-state index in [-0.39, 0.29) is 12.0 Å². The molecule has 0 spiro atoms. The average molecular weight is 252 g/mol. The lowest BCUT2D eigenvalue weighted by molar-refractivity contribution is 0.173. The van der Waals surface area contributed by atoms with Gasteiger partial charge in [-0.15, -0.1) is 0 Å². The molecule has 1 aromatic heterocycles. The molecule has 0 fully saturated rings. The van der Waals surface area contributed by atoms with Crippen LogP contribution in [-0.2, 0) is 6.42 Å². The molecule has 2 nitrogen and oxygen atoms in total. The van der Waals surface area contributed by atoms with E-state index in [4.69, 9.17) is 11.6 Å². The lowest BCUT2D eigenvalue weighted by atomic mass is 10.0. The molecule has 1 heterocycles. The number of halogens is 2. The summed E-state index contributed by atoms with van der Waals surface area (Å²) >= 11 is 5.98.